The molecule has 7 nitrogen and oxygen atoms in total. The maximum absolute atomic E-state index is 11.6. The third kappa shape index (κ3) is 3.71. The zero-order chi connectivity index (χ0) is 14.4. The van der Waals surface area contributed by atoms with Gasteiger partial charge in [0.2, 0.25) is 5.91 Å². The number of carbonyl (C=O) groups excluding carboxylic acids is 2. The highest BCUT2D eigenvalue weighted by molar-refractivity contribution is 5.94. The number of aryl methyl sites for hydroxylation is 1. The second kappa shape index (κ2) is 6.55. The number of nitrogens with one attached hydrogen (secondary N) is 3. The van der Waals surface area contributed by atoms with Gasteiger partial charge < -0.3 is 15.1 Å². The van der Waals surface area contributed by atoms with E-state index >= 15 is 0 Å². The predicted molar refractivity (Wildman–Crippen MR) is 72.3 cm³/mol. The number of furan rings is 1. The number of anilines is 1. The van der Waals surface area contributed by atoms with E-state index in [9.17, 15) is 9.59 Å². The molecule has 2 aromatic rings. The normalized spacial score (nSPS) is 10.2. The van der Waals surface area contributed by atoms with Gasteiger partial charge in [-0.25, -0.2) is 0 Å². The Balaban J connectivity index is 1.71. The molecule has 0 aromatic carbocycles. The molecule has 0 aliphatic rings. The first-order valence-corrected chi connectivity index (χ1v) is 6.33. The van der Waals surface area contributed by atoms with Crippen molar-refractivity contribution in [1.82, 2.24) is 15.5 Å². The molecule has 3 N–H and O–H groups in total. The predicted octanol–water partition coefficient (Wildman–Crippen LogP) is 1.32. The molecule has 0 aliphatic heterocycles. The summed E-state index contributed by atoms with van der Waals surface area (Å²) in [4.78, 5) is 23.2. The van der Waals surface area contributed by atoms with E-state index in [0.29, 0.717) is 11.4 Å². The number of carbonyl (C=O) groups is 2. The topological polar surface area (TPSA) is 100 Å². The van der Waals surface area contributed by atoms with Gasteiger partial charge in [-0.3, -0.25) is 14.7 Å². The van der Waals surface area contributed by atoms with Gasteiger partial charge in [0.05, 0.1) is 11.8 Å². The number of aromatic nitrogens is 2. The summed E-state index contributed by atoms with van der Waals surface area (Å²) in [7, 11) is 0. The van der Waals surface area contributed by atoms with Crippen LogP contribution in [-0.4, -0.2) is 28.6 Å². The van der Waals surface area contributed by atoms with Gasteiger partial charge >= 0.3 is 0 Å². The number of nitrogens with zero attached hydrogens (tertiary/aromatic N) is 1. The first kappa shape index (κ1) is 13.9. The van der Waals surface area contributed by atoms with Gasteiger partial charge in [0.15, 0.2) is 5.82 Å². The van der Waals surface area contributed by atoms with Gasteiger partial charge in [-0.1, -0.05) is 6.92 Å². The first-order chi connectivity index (χ1) is 9.69. The average Bonchev–Trinajstić information content (AvgIpc) is 3.09. The molecule has 2 amide bonds. The molecule has 20 heavy (non-hydrogen) atoms. The SMILES string of the molecule is CCc1cc(NC(=O)CCNC(=O)c2ccoc2)n[nH]1. The highest BCUT2D eigenvalue weighted by Crippen LogP contribution is 2.06. The molecule has 0 fully saturated rings. The Morgan fingerprint density at radius 2 is 2.30 bits per heavy atom. The van der Waals surface area contributed by atoms with Gasteiger partial charge in [0.25, 0.3) is 5.91 Å². The molecule has 2 aromatic heterocycles. The van der Waals surface area contributed by atoms with Gasteiger partial charge in [-0.05, 0) is 12.5 Å². The number of amides is 2. The zero-order valence-corrected chi connectivity index (χ0v) is 11.1. The minimum Gasteiger partial charge on any atom is -0.472 e. The monoisotopic (exact) mass is 276 g/mol. The van der Waals surface area contributed by atoms with Crippen LogP contribution in [-0.2, 0) is 11.2 Å². The lowest BCUT2D eigenvalue weighted by Gasteiger charge is -2.03. The maximum atomic E-state index is 11.6. The van der Waals surface area contributed by atoms with E-state index in [1.165, 1.54) is 12.5 Å². The first-order valence-electron chi connectivity index (χ1n) is 6.33. The molecule has 0 spiro atoms. The fourth-order valence-electron chi connectivity index (χ4n) is 1.60. The molecule has 0 atom stereocenters. The third-order valence-corrected chi connectivity index (χ3v) is 2.70. The second-order valence-electron chi connectivity index (χ2n) is 4.20. The molecular formula is C13H16N4O3. The van der Waals surface area contributed by atoms with Crippen LogP contribution in [0.4, 0.5) is 5.82 Å². The molecule has 0 radical (unpaired) electrons. The highest BCUT2D eigenvalue weighted by Gasteiger charge is 2.08. The van der Waals surface area contributed by atoms with Crippen LogP contribution in [0.25, 0.3) is 0 Å². The van der Waals surface area contributed by atoms with E-state index < -0.39 is 0 Å². The molecular weight excluding hydrogens is 260 g/mol. The van der Waals surface area contributed by atoms with Crippen molar-refractivity contribution >= 4 is 17.6 Å². The number of H-pyrrole nitrogens is 1. The average molecular weight is 276 g/mol. The molecule has 2 rings (SSSR count). The van der Waals surface area contributed by atoms with Gasteiger partial charge in [-0.15, -0.1) is 0 Å². The standard InChI is InChI=1S/C13H16N4O3/c1-2-10-7-11(17-16-10)15-12(18)3-5-14-13(19)9-4-6-20-8-9/h4,6-8H,2-3,5H2,1H3,(H,14,19)(H2,15,16,17,18). The lowest BCUT2D eigenvalue weighted by molar-refractivity contribution is -0.116. The minimum absolute atomic E-state index is 0.178. The number of rotatable bonds is 6. The summed E-state index contributed by atoms with van der Waals surface area (Å²) in [5, 5.41) is 12.0. The summed E-state index contributed by atoms with van der Waals surface area (Å²) in [6.07, 6.45) is 3.78. The van der Waals surface area contributed by atoms with Crippen molar-refractivity contribution in [2.24, 2.45) is 0 Å². The van der Waals surface area contributed by atoms with Crippen molar-refractivity contribution in [3.8, 4) is 0 Å². The Hall–Kier alpha value is -2.57. The Morgan fingerprint density at radius 1 is 1.45 bits per heavy atom. The fourth-order valence-corrected chi connectivity index (χ4v) is 1.60. The van der Waals surface area contributed by atoms with Crippen LogP contribution < -0.4 is 10.6 Å². The van der Waals surface area contributed by atoms with Crippen LogP contribution in [0.2, 0.25) is 0 Å². The van der Waals surface area contributed by atoms with Crippen molar-refractivity contribution in [2.45, 2.75) is 19.8 Å². The molecule has 106 valence electrons. The van der Waals surface area contributed by atoms with Crippen molar-refractivity contribution in [2.75, 3.05) is 11.9 Å². The maximum Gasteiger partial charge on any atom is 0.254 e. The van der Waals surface area contributed by atoms with Crippen LogP contribution >= 0.6 is 0 Å². The van der Waals surface area contributed by atoms with Gasteiger partial charge in [-0.2, -0.15) is 5.10 Å². The van der Waals surface area contributed by atoms with E-state index in [0.717, 1.165) is 12.1 Å². The van der Waals surface area contributed by atoms with E-state index in [-0.39, 0.29) is 24.8 Å². The summed E-state index contributed by atoms with van der Waals surface area (Å²) >= 11 is 0. The Morgan fingerprint density at radius 3 is 2.95 bits per heavy atom. The highest BCUT2D eigenvalue weighted by atomic mass is 16.3. The second-order valence-corrected chi connectivity index (χ2v) is 4.20. The molecule has 2 heterocycles. The molecule has 0 saturated heterocycles. The third-order valence-electron chi connectivity index (χ3n) is 2.70. The quantitative estimate of drug-likeness (QED) is 0.740. The van der Waals surface area contributed by atoms with Crippen molar-refractivity contribution < 1.29 is 14.0 Å². The number of hydrogen-bond donors (Lipinski definition) is 3. The Kier molecular flexibility index (Phi) is 4.54. The van der Waals surface area contributed by atoms with Crippen LogP contribution in [0.5, 0.6) is 0 Å². The smallest absolute Gasteiger partial charge is 0.254 e. The Bertz CT molecular complexity index is 574. The number of hydrogen-bond acceptors (Lipinski definition) is 4. The zero-order valence-electron chi connectivity index (χ0n) is 11.1. The Labute approximate surface area is 115 Å². The fraction of sp³-hybridized carbons (Fsp3) is 0.308. The van der Waals surface area contributed by atoms with E-state index in [4.69, 9.17) is 4.42 Å². The van der Waals surface area contributed by atoms with Crippen molar-refractivity contribution in [3.63, 3.8) is 0 Å². The van der Waals surface area contributed by atoms with Crippen LogP contribution in [0, 0.1) is 0 Å². The summed E-state index contributed by atoms with van der Waals surface area (Å²) in [5.41, 5.74) is 1.39. The molecule has 0 unspecified atom stereocenters. The van der Waals surface area contributed by atoms with E-state index in [1.54, 1.807) is 12.1 Å². The minimum atomic E-state index is -0.264. The number of aromatic amines is 1. The largest absolute Gasteiger partial charge is 0.472 e. The van der Waals surface area contributed by atoms with Crippen molar-refractivity contribution in [1.29, 1.82) is 0 Å². The lowest BCUT2D eigenvalue weighted by Crippen LogP contribution is -2.27. The summed E-state index contributed by atoms with van der Waals surface area (Å²) in [5.74, 6) is 0.0271. The van der Waals surface area contributed by atoms with Crippen molar-refractivity contribution in [3.05, 3.63) is 35.9 Å². The summed E-state index contributed by atoms with van der Waals surface area (Å²) in [6, 6.07) is 3.34. The van der Waals surface area contributed by atoms with Gasteiger partial charge in [0.1, 0.15) is 6.26 Å². The van der Waals surface area contributed by atoms with Crippen LogP contribution in [0.15, 0.2) is 29.1 Å². The molecule has 0 saturated carbocycles. The molecule has 0 bridgehead atoms. The van der Waals surface area contributed by atoms with E-state index in [1.807, 2.05) is 6.92 Å². The molecule has 7 heteroatoms. The van der Waals surface area contributed by atoms with Crippen LogP contribution in [0.1, 0.15) is 29.4 Å². The lowest BCUT2D eigenvalue weighted by atomic mass is 10.3. The van der Waals surface area contributed by atoms with Crippen LogP contribution in [0.3, 0.4) is 0 Å². The summed E-state index contributed by atoms with van der Waals surface area (Å²) < 4.78 is 4.80. The molecule has 0 aliphatic carbocycles. The summed E-state index contributed by atoms with van der Waals surface area (Å²) in [6.45, 7) is 2.24. The van der Waals surface area contributed by atoms with E-state index in [2.05, 4.69) is 20.8 Å². The van der Waals surface area contributed by atoms with Gasteiger partial charge in [0, 0.05) is 24.7 Å².